The van der Waals surface area contributed by atoms with Crippen LogP contribution in [0.3, 0.4) is 0 Å². The van der Waals surface area contributed by atoms with Gasteiger partial charge >= 0.3 is 18.3 Å². The summed E-state index contributed by atoms with van der Waals surface area (Å²) in [6.45, 7) is 0. The lowest BCUT2D eigenvalue weighted by molar-refractivity contribution is -0.274. The van der Waals surface area contributed by atoms with E-state index in [-0.39, 0.29) is 6.08 Å². The summed E-state index contributed by atoms with van der Waals surface area (Å²) < 4.78 is 99.9. The molecule has 1 rings (SSSR count). The molecule has 103 valence electrons. The minimum Gasteiger partial charge on any atom is -0.195 e. The molecule has 9 heteroatoms. The lowest BCUT2D eigenvalue weighted by Crippen LogP contribution is -2.48. The second kappa shape index (κ2) is 4.50. The highest BCUT2D eigenvalue weighted by Crippen LogP contribution is 2.53. The van der Waals surface area contributed by atoms with Gasteiger partial charge in [-0.1, -0.05) is 34.2 Å². The van der Waals surface area contributed by atoms with E-state index in [2.05, 4.69) is 15.9 Å². The Bertz CT molecular complexity index is 375. The Balaban J connectivity index is 3.28. The summed E-state index contributed by atoms with van der Waals surface area (Å²) in [4.78, 5) is -1.84. The van der Waals surface area contributed by atoms with Crippen molar-refractivity contribution in [3.05, 3.63) is 29.7 Å². The molecule has 0 aromatic heterocycles. The third-order valence-corrected chi connectivity index (χ3v) is 2.87. The second-order valence-corrected chi connectivity index (χ2v) is 4.34. The van der Waals surface area contributed by atoms with Crippen molar-refractivity contribution in [2.75, 3.05) is 0 Å². The van der Waals surface area contributed by atoms with Crippen molar-refractivity contribution in [1.82, 2.24) is 0 Å². The Hall–Kier alpha value is -0.600. The average Bonchev–Trinajstić information content (AvgIpc) is 2.13. The van der Waals surface area contributed by atoms with Crippen LogP contribution < -0.4 is 0 Å². The molecule has 1 aliphatic rings. The molecule has 0 N–H and O–H groups in total. The van der Waals surface area contributed by atoms with Crippen molar-refractivity contribution >= 4 is 15.9 Å². The molecular weight excluding hydrogens is 340 g/mol. The van der Waals surface area contributed by atoms with Gasteiger partial charge in [-0.3, -0.25) is 0 Å². The van der Waals surface area contributed by atoms with E-state index >= 15 is 0 Å². The van der Waals surface area contributed by atoms with Crippen molar-refractivity contribution in [2.45, 2.75) is 23.1 Å². The van der Waals surface area contributed by atoms with E-state index in [0.29, 0.717) is 0 Å². The molecule has 0 heterocycles. The van der Waals surface area contributed by atoms with Gasteiger partial charge in [0.25, 0.3) is 0 Å². The predicted octanol–water partition coefficient (Wildman–Crippen LogP) is 4.58. The molecule has 0 amide bonds. The summed E-state index contributed by atoms with van der Waals surface area (Å²) >= 11 is 2.37. The Morgan fingerprint density at radius 1 is 0.944 bits per heavy atom. The Morgan fingerprint density at radius 2 is 1.44 bits per heavy atom. The van der Waals surface area contributed by atoms with Gasteiger partial charge in [-0.2, -0.15) is 35.1 Å². The molecule has 0 aromatic rings. The number of halogens is 9. The first-order valence-corrected chi connectivity index (χ1v) is 5.22. The standard InChI is InChI=1S/C9H4BrF8/c10-5-3-1-2-4(8(13,14)15)6(5)7(11,12)9(16,17)18/h1-3,5H. The maximum atomic E-state index is 13.1. The average molecular weight is 344 g/mol. The zero-order chi connectivity index (χ0) is 14.4. The predicted molar refractivity (Wildman–Crippen MR) is 50.2 cm³/mol. The van der Waals surface area contributed by atoms with Gasteiger partial charge in [-0.25, -0.2) is 0 Å². The Kier molecular flexibility index (Phi) is 3.86. The molecule has 18 heavy (non-hydrogen) atoms. The van der Waals surface area contributed by atoms with Crippen LogP contribution in [-0.2, 0) is 0 Å². The minimum absolute atomic E-state index is 0.187. The molecule has 1 atom stereocenters. The lowest BCUT2D eigenvalue weighted by atomic mass is 9.85. The zero-order valence-electron chi connectivity index (χ0n) is 8.21. The molecule has 0 aliphatic heterocycles. The van der Waals surface area contributed by atoms with Gasteiger partial charge in [-0.15, -0.1) is 0 Å². The minimum atomic E-state index is -6.09. The van der Waals surface area contributed by atoms with E-state index in [9.17, 15) is 35.1 Å². The number of allylic oxidation sites excluding steroid dienone is 4. The molecule has 0 saturated heterocycles. The molecule has 1 radical (unpaired) electrons. The summed E-state index contributed by atoms with van der Waals surface area (Å²) in [6, 6.07) is 0. The lowest BCUT2D eigenvalue weighted by Gasteiger charge is -2.33. The highest BCUT2D eigenvalue weighted by Gasteiger charge is 2.67. The highest BCUT2D eigenvalue weighted by atomic mass is 79.9. The largest absolute Gasteiger partial charge is 0.454 e. The molecule has 0 aromatic carbocycles. The van der Waals surface area contributed by atoms with E-state index in [1.165, 1.54) is 0 Å². The van der Waals surface area contributed by atoms with Crippen molar-refractivity contribution in [1.29, 1.82) is 0 Å². The van der Waals surface area contributed by atoms with Gasteiger partial charge < -0.3 is 0 Å². The van der Waals surface area contributed by atoms with Gasteiger partial charge in [0.15, 0.2) is 0 Å². The molecule has 0 fully saturated rings. The van der Waals surface area contributed by atoms with Crippen LogP contribution in [0.5, 0.6) is 0 Å². The van der Waals surface area contributed by atoms with E-state index in [1.807, 2.05) is 0 Å². The fourth-order valence-corrected chi connectivity index (χ4v) is 2.04. The summed E-state index contributed by atoms with van der Waals surface area (Å²) in [7, 11) is 0. The fourth-order valence-electron chi connectivity index (χ4n) is 1.33. The van der Waals surface area contributed by atoms with E-state index in [4.69, 9.17) is 0 Å². The summed E-state index contributed by atoms with van der Waals surface area (Å²) in [6.07, 6.45) is -9.67. The van der Waals surface area contributed by atoms with Crippen LogP contribution in [0.25, 0.3) is 0 Å². The monoisotopic (exact) mass is 343 g/mol. The first-order chi connectivity index (χ1) is 7.89. The Morgan fingerprint density at radius 3 is 1.83 bits per heavy atom. The van der Waals surface area contributed by atoms with E-state index in [0.717, 1.165) is 12.2 Å². The van der Waals surface area contributed by atoms with Crippen molar-refractivity contribution in [3.8, 4) is 0 Å². The molecule has 0 nitrogen and oxygen atoms in total. The molecular formula is C9H4BrF8. The number of hydrogen-bond donors (Lipinski definition) is 0. The number of alkyl halides is 9. The van der Waals surface area contributed by atoms with Gasteiger partial charge in [0.05, 0.1) is 0 Å². The molecule has 1 aliphatic carbocycles. The highest BCUT2D eigenvalue weighted by molar-refractivity contribution is 9.09. The fraction of sp³-hybridized carbons (Fsp3) is 0.444. The Labute approximate surface area is 104 Å². The third kappa shape index (κ3) is 2.70. The van der Waals surface area contributed by atoms with Gasteiger partial charge in [0.2, 0.25) is 0 Å². The second-order valence-electron chi connectivity index (χ2n) is 3.35. The maximum Gasteiger partial charge on any atom is 0.454 e. The smallest absolute Gasteiger partial charge is 0.195 e. The number of rotatable bonds is 1. The summed E-state index contributed by atoms with van der Waals surface area (Å²) in [5, 5.41) is 0. The SMILES string of the molecule is FC(F)(F)C1=CC=CC(Br)[C]1C(F)(F)C(F)(F)F. The van der Waals surface area contributed by atoms with Gasteiger partial charge in [0, 0.05) is 10.4 Å². The molecule has 1 unspecified atom stereocenters. The topological polar surface area (TPSA) is 0 Å². The van der Waals surface area contributed by atoms with Crippen LogP contribution >= 0.6 is 15.9 Å². The van der Waals surface area contributed by atoms with Crippen LogP contribution in [0.15, 0.2) is 23.8 Å². The quantitative estimate of drug-likeness (QED) is 0.483. The van der Waals surface area contributed by atoms with Crippen LogP contribution in [-0.4, -0.2) is 23.1 Å². The van der Waals surface area contributed by atoms with Crippen molar-refractivity contribution < 1.29 is 35.1 Å². The molecule has 0 bridgehead atoms. The van der Waals surface area contributed by atoms with Crippen LogP contribution in [0.1, 0.15) is 0 Å². The molecule has 0 saturated carbocycles. The van der Waals surface area contributed by atoms with Crippen molar-refractivity contribution in [2.24, 2.45) is 0 Å². The van der Waals surface area contributed by atoms with E-state index < -0.39 is 34.6 Å². The van der Waals surface area contributed by atoms with Gasteiger partial charge in [0.1, 0.15) is 5.92 Å². The van der Waals surface area contributed by atoms with Crippen LogP contribution in [0, 0.1) is 5.92 Å². The zero-order valence-corrected chi connectivity index (χ0v) is 9.80. The maximum absolute atomic E-state index is 13.1. The normalized spacial score (nSPS) is 23.2. The number of hydrogen-bond acceptors (Lipinski definition) is 0. The summed E-state index contributed by atoms with van der Waals surface area (Å²) in [5.41, 5.74) is -1.99. The van der Waals surface area contributed by atoms with E-state index in [1.54, 1.807) is 0 Å². The van der Waals surface area contributed by atoms with Crippen LogP contribution in [0.2, 0.25) is 0 Å². The molecule has 0 spiro atoms. The first-order valence-electron chi connectivity index (χ1n) is 4.31. The summed E-state index contributed by atoms with van der Waals surface area (Å²) in [5.74, 6) is -7.61. The van der Waals surface area contributed by atoms with Crippen LogP contribution in [0.4, 0.5) is 35.1 Å². The van der Waals surface area contributed by atoms with Crippen molar-refractivity contribution in [3.63, 3.8) is 0 Å². The first kappa shape index (κ1) is 15.5. The third-order valence-electron chi connectivity index (χ3n) is 2.11. The van der Waals surface area contributed by atoms with Gasteiger partial charge in [-0.05, 0) is 0 Å².